The number of carbonyl (C=O) groups is 3. The largest absolute Gasteiger partial charge is 0.418 e. The maximum absolute atomic E-state index is 14.0. The highest BCUT2D eigenvalue weighted by Gasteiger charge is 2.37. The van der Waals surface area contributed by atoms with E-state index >= 15 is 0 Å². The summed E-state index contributed by atoms with van der Waals surface area (Å²) in [6.45, 7) is 5.53. The Morgan fingerprint density at radius 1 is 0.959 bits per heavy atom. The van der Waals surface area contributed by atoms with Crippen LogP contribution in [0.15, 0.2) is 36.4 Å². The van der Waals surface area contributed by atoms with E-state index in [2.05, 4.69) is 27.5 Å². The van der Waals surface area contributed by atoms with Gasteiger partial charge in [0.2, 0.25) is 5.91 Å². The lowest BCUT2D eigenvalue weighted by Gasteiger charge is -2.43. The number of hydrogen-bond donors (Lipinski definition) is 3. The lowest BCUT2D eigenvalue weighted by Crippen LogP contribution is -2.59. The van der Waals surface area contributed by atoms with Crippen LogP contribution in [-0.2, 0) is 23.9 Å². The number of rotatable bonds is 6. The molecule has 4 N–H and O–H groups in total. The molecule has 3 fully saturated rings. The van der Waals surface area contributed by atoms with E-state index in [1.807, 2.05) is 24.3 Å². The molecule has 4 aliphatic heterocycles. The third kappa shape index (κ3) is 8.02. The number of hydrogen-bond acceptors (Lipinski definition) is 6. The van der Waals surface area contributed by atoms with Gasteiger partial charge in [-0.15, -0.1) is 0 Å². The monoisotopic (exact) mass is 704 g/mol. The molecule has 0 aromatic heterocycles. The van der Waals surface area contributed by atoms with Crippen molar-refractivity contribution in [2.75, 3.05) is 70.5 Å². The maximum atomic E-state index is 14.0. The molecule has 0 unspecified atom stereocenters. The first-order chi connectivity index (χ1) is 23.4. The van der Waals surface area contributed by atoms with Gasteiger partial charge in [0.15, 0.2) is 0 Å². The summed E-state index contributed by atoms with van der Waals surface area (Å²) in [5.74, 6) is -0.351. The van der Waals surface area contributed by atoms with Crippen molar-refractivity contribution in [3.63, 3.8) is 0 Å². The number of nitrogens with one attached hydrogen (secondary N) is 2. The number of alkyl halides is 3. The van der Waals surface area contributed by atoms with Crippen LogP contribution < -0.4 is 16.4 Å². The number of fused-ring (bicyclic) bond motifs is 1. The van der Waals surface area contributed by atoms with Crippen LogP contribution in [0.4, 0.5) is 34.1 Å². The Morgan fingerprint density at radius 3 is 2.29 bits per heavy atom. The van der Waals surface area contributed by atoms with Gasteiger partial charge in [0.05, 0.1) is 16.3 Å². The van der Waals surface area contributed by atoms with Crippen LogP contribution >= 0.6 is 11.6 Å². The van der Waals surface area contributed by atoms with Gasteiger partial charge >= 0.3 is 18.2 Å². The number of benzene rings is 2. The molecule has 4 heterocycles. The van der Waals surface area contributed by atoms with Gasteiger partial charge < -0.3 is 36.0 Å². The van der Waals surface area contributed by atoms with Gasteiger partial charge in [-0.25, -0.2) is 9.59 Å². The zero-order valence-corrected chi connectivity index (χ0v) is 28.4. The summed E-state index contributed by atoms with van der Waals surface area (Å²) in [6.07, 6.45) is -1.71. The maximum Gasteiger partial charge on any atom is 0.418 e. The van der Waals surface area contributed by atoms with Crippen LogP contribution in [0, 0.1) is 0 Å². The number of nitrogens with two attached hydrogens (primary N) is 1. The molecular formula is C34H44ClF3N8O3. The van der Waals surface area contributed by atoms with Crippen molar-refractivity contribution in [1.82, 2.24) is 29.8 Å². The number of piperidine rings is 2. The third-order valence-electron chi connectivity index (χ3n) is 10.4. The molecule has 2 aromatic rings. The molecule has 266 valence electrons. The van der Waals surface area contributed by atoms with E-state index < -0.39 is 29.5 Å². The predicted molar refractivity (Wildman–Crippen MR) is 181 cm³/mol. The molecule has 0 spiro atoms. The standard InChI is InChI=1S/C34H44ClF3N8O3/c1-42-10-6-24(7-11-42)43-14-16-44(17-15-43)31(47)29(20-22-18-26(34(36,37)38)30(39)27(35)19-22)41-32(48)45-12-8-25(9-13-45)46-21-23-4-2-3-5-28(23)40-33(46)49/h2-5,18-19,24-25,29H,6-17,20-21,39H2,1H3,(H,40,49)(H,41,48)/t29-/m1/s1. The molecule has 4 aliphatic rings. The van der Waals surface area contributed by atoms with Crippen LogP contribution in [0.2, 0.25) is 5.02 Å². The Bertz CT molecular complexity index is 1540. The number of carbonyl (C=O) groups excluding carboxylic acids is 3. The SMILES string of the molecule is CN1CCC(N2CCN(C(=O)[C@@H](Cc3cc(Cl)c(N)c(C(F)(F)F)c3)NC(=O)N3CCC(N4Cc5ccccc5NC4=O)CC3)CC2)CC1. The zero-order valence-electron chi connectivity index (χ0n) is 27.6. The Balaban J connectivity index is 1.13. The molecule has 0 saturated carbocycles. The second-order valence-corrected chi connectivity index (χ2v) is 14.0. The van der Waals surface area contributed by atoms with Gasteiger partial charge in [0, 0.05) is 70.0 Å². The first-order valence-corrected chi connectivity index (χ1v) is 17.3. The smallest absolute Gasteiger partial charge is 0.397 e. The fraction of sp³-hybridized carbons (Fsp3) is 0.559. The fourth-order valence-corrected chi connectivity index (χ4v) is 7.73. The van der Waals surface area contributed by atoms with Crippen LogP contribution in [-0.4, -0.2) is 120 Å². The highest BCUT2D eigenvalue weighted by atomic mass is 35.5. The van der Waals surface area contributed by atoms with Crippen molar-refractivity contribution in [3.8, 4) is 0 Å². The lowest BCUT2D eigenvalue weighted by atomic mass is 9.99. The molecule has 5 amide bonds. The molecule has 0 radical (unpaired) electrons. The van der Waals surface area contributed by atoms with Gasteiger partial charge in [-0.3, -0.25) is 9.69 Å². The van der Waals surface area contributed by atoms with Crippen molar-refractivity contribution >= 4 is 40.9 Å². The molecule has 2 aromatic carbocycles. The summed E-state index contributed by atoms with van der Waals surface area (Å²) in [5.41, 5.74) is 5.97. The van der Waals surface area contributed by atoms with E-state index in [1.54, 1.807) is 14.7 Å². The van der Waals surface area contributed by atoms with Crippen LogP contribution in [0.1, 0.15) is 42.4 Å². The number of para-hydroxylation sites is 1. The Kier molecular flexibility index (Phi) is 10.5. The topological polar surface area (TPSA) is 117 Å². The molecule has 0 bridgehead atoms. The van der Waals surface area contributed by atoms with Crippen molar-refractivity contribution in [3.05, 3.63) is 58.1 Å². The molecule has 1 atom stereocenters. The number of nitrogen functional groups attached to an aromatic ring is 1. The summed E-state index contributed by atoms with van der Waals surface area (Å²) in [4.78, 5) is 50.3. The van der Waals surface area contributed by atoms with E-state index in [1.165, 1.54) is 6.07 Å². The average molecular weight is 705 g/mol. The van der Waals surface area contributed by atoms with Crippen LogP contribution in [0.3, 0.4) is 0 Å². The van der Waals surface area contributed by atoms with Gasteiger partial charge in [-0.2, -0.15) is 13.2 Å². The minimum atomic E-state index is -4.74. The Labute approximate surface area is 289 Å². The Hall–Kier alpha value is -3.75. The van der Waals surface area contributed by atoms with E-state index in [0.717, 1.165) is 43.2 Å². The number of piperazine rings is 1. The molecule has 0 aliphatic carbocycles. The van der Waals surface area contributed by atoms with Gasteiger partial charge in [0.1, 0.15) is 6.04 Å². The van der Waals surface area contributed by atoms with Crippen LogP contribution in [0.25, 0.3) is 0 Å². The second-order valence-electron chi connectivity index (χ2n) is 13.6. The highest BCUT2D eigenvalue weighted by Crippen LogP contribution is 2.38. The number of likely N-dealkylation sites (tertiary alicyclic amines) is 2. The molecular weight excluding hydrogens is 661 g/mol. The number of halogens is 4. The van der Waals surface area contributed by atoms with E-state index in [4.69, 9.17) is 17.3 Å². The van der Waals surface area contributed by atoms with Gasteiger partial charge in [0.25, 0.3) is 0 Å². The predicted octanol–water partition coefficient (Wildman–Crippen LogP) is 4.31. The van der Waals surface area contributed by atoms with Crippen molar-refractivity contribution in [2.24, 2.45) is 0 Å². The summed E-state index contributed by atoms with van der Waals surface area (Å²) < 4.78 is 41.4. The van der Waals surface area contributed by atoms with Crippen molar-refractivity contribution < 1.29 is 27.6 Å². The quantitative estimate of drug-likeness (QED) is 0.386. The first kappa shape index (κ1) is 35.1. The summed E-state index contributed by atoms with van der Waals surface area (Å²) in [6, 6.07) is 8.47. The second kappa shape index (κ2) is 14.6. The third-order valence-corrected chi connectivity index (χ3v) is 10.7. The minimum Gasteiger partial charge on any atom is -0.397 e. The summed E-state index contributed by atoms with van der Waals surface area (Å²) >= 11 is 6.12. The summed E-state index contributed by atoms with van der Waals surface area (Å²) in [5, 5.41) is 5.52. The van der Waals surface area contributed by atoms with E-state index in [-0.39, 0.29) is 35.0 Å². The van der Waals surface area contributed by atoms with Crippen molar-refractivity contribution in [1.29, 1.82) is 0 Å². The highest BCUT2D eigenvalue weighted by molar-refractivity contribution is 6.33. The first-order valence-electron chi connectivity index (χ1n) is 16.9. The minimum absolute atomic E-state index is 0.0756. The normalized spacial score (nSPS) is 20.9. The fourth-order valence-electron chi connectivity index (χ4n) is 7.49. The molecule has 3 saturated heterocycles. The van der Waals surface area contributed by atoms with Crippen molar-refractivity contribution in [2.45, 2.75) is 63.0 Å². The van der Waals surface area contributed by atoms with E-state index in [0.29, 0.717) is 64.7 Å². The number of nitrogens with zero attached hydrogens (tertiary/aromatic N) is 5. The number of urea groups is 2. The van der Waals surface area contributed by atoms with E-state index in [9.17, 15) is 27.6 Å². The molecule has 6 rings (SSSR count). The van der Waals surface area contributed by atoms with Crippen LogP contribution in [0.5, 0.6) is 0 Å². The molecule has 49 heavy (non-hydrogen) atoms. The molecule has 15 heteroatoms. The Morgan fingerprint density at radius 2 is 1.61 bits per heavy atom. The number of anilines is 2. The average Bonchev–Trinajstić information content (AvgIpc) is 3.09. The number of amides is 5. The molecule has 11 nitrogen and oxygen atoms in total. The van der Waals surface area contributed by atoms with Gasteiger partial charge in [-0.1, -0.05) is 29.8 Å². The lowest BCUT2D eigenvalue weighted by molar-refractivity contribution is -0.137. The zero-order chi connectivity index (χ0) is 34.9. The summed E-state index contributed by atoms with van der Waals surface area (Å²) in [7, 11) is 2.11. The van der Waals surface area contributed by atoms with Gasteiger partial charge in [-0.05, 0) is 75.1 Å².